The van der Waals surface area contributed by atoms with Gasteiger partial charge in [0.25, 0.3) is 5.78 Å². The van der Waals surface area contributed by atoms with Crippen LogP contribution < -0.4 is 0 Å². The Kier molecular flexibility index (Phi) is 4.32. The lowest BCUT2D eigenvalue weighted by atomic mass is 9.99. The summed E-state index contributed by atoms with van der Waals surface area (Å²) in [6, 6.07) is -0.897. The number of piperidine rings is 1. The molecule has 0 aliphatic carbocycles. The van der Waals surface area contributed by atoms with Crippen LogP contribution >= 0.6 is 0 Å². The SMILES string of the molecule is CC(C)(C)OC(=O)N1CCCCC1C(=O)C(=O)O. The summed E-state index contributed by atoms with van der Waals surface area (Å²) >= 11 is 0. The van der Waals surface area contributed by atoms with Gasteiger partial charge in [0.1, 0.15) is 11.6 Å². The van der Waals surface area contributed by atoms with Crippen LogP contribution in [0.3, 0.4) is 0 Å². The van der Waals surface area contributed by atoms with E-state index in [0.717, 1.165) is 12.8 Å². The normalized spacial score (nSPS) is 20.4. The fourth-order valence-corrected chi connectivity index (χ4v) is 1.89. The van der Waals surface area contributed by atoms with Crippen molar-refractivity contribution >= 4 is 17.8 Å². The lowest BCUT2D eigenvalue weighted by Crippen LogP contribution is -2.51. The topological polar surface area (TPSA) is 83.9 Å². The third-order valence-corrected chi connectivity index (χ3v) is 2.64. The summed E-state index contributed by atoms with van der Waals surface area (Å²) in [4.78, 5) is 35.4. The molecule has 6 heteroatoms. The summed E-state index contributed by atoms with van der Waals surface area (Å²) in [5.41, 5.74) is -0.661. The number of carbonyl (C=O) groups excluding carboxylic acids is 2. The van der Waals surface area contributed by atoms with Gasteiger partial charge >= 0.3 is 12.1 Å². The van der Waals surface area contributed by atoms with Crippen LogP contribution in [0.1, 0.15) is 40.0 Å². The molecule has 6 nitrogen and oxygen atoms in total. The van der Waals surface area contributed by atoms with E-state index in [1.807, 2.05) is 0 Å². The highest BCUT2D eigenvalue weighted by atomic mass is 16.6. The molecule has 1 heterocycles. The van der Waals surface area contributed by atoms with E-state index in [1.165, 1.54) is 4.90 Å². The molecule has 0 saturated carbocycles. The van der Waals surface area contributed by atoms with Gasteiger partial charge < -0.3 is 9.84 Å². The Labute approximate surface area is 106 Å². The number of carboxylic acids is 1. The zero-order chi connectivity index (χ0) is 13.9. The molecule has 1 atom stereocenters. The Hall–Kier alpha value is -1.59. The summed E-state index contributed by atoms with van der Waals surface area (Å²) < 4.78 is 5.18. The van der Waals surface area contributed by atoms with Gasteiger partial charge in [0.15, 0.2) is 0 Å². The van der Waals surface area contributed by atoms with E-state index in [9.17, 15) is 14.4 Å². The van der Waals surface area contributed by atoms with E-state index in [4.69, 9.17) is 9.84 Å². The zero-order valence-corrected chi connectivity index (χ0v) is 10.9. The highest BCUT2D eigenvalue weighted by Crippen LogP contribution is 2.21. The number of ketones is 1. The first-order valence-electron chi connectivity index (χ1n) is 5.99. The summed E-state index contributed by atoms with van der Waals surface area (Å²) in [6.07, 6.45) is 1.25. The number of carboxylic acid groups (broad SMARTS) is 1. The molecule has 1 aliphatic rings. The summed E-state index contributed by atoms with van der Waals surface area (Å²) in [5, 5.41) is 8.74. The van der Waals surface area contributed by atoms with Crippen molar-refractivity contribution < 1.29 is 24.2 Å². The van der Waals surface area contributed by atoms with Gasteiger partial charge in [-0.2, -0.15) is 0 Å². The second-order valence-electron chi connectivity index (χ2n) is 5.35. The van der Waals surface area contributed by atoms with E-state index in [2.05, 4.69) is 0 Å². The number of aliphatic carboxylic acids is 1. The average Bonchev–Trinajstić information content (AvgIpc) is 2.25. The molecular weight excluding hydrogens is 238 g/mol. The van der Waals surface area contributed by atoms with Crippen molar-refractivity contribution in [2.24, 2.45) is 0 Å². The van der Waals surface area contributed by atoms with Crippen LogP contribution in [0.15, 0.2) is 0 Å². The number of hydrogen-bond acceptors (Lipinski definition) is 4. The van der Waals surface area contributed by atoms with Crippen molar-refractivity contribution in [3.8, 4) is 0 Å². The van der Waals surface area contributed by atoms with Crippen molar-refractivity contribution in [1.82, 2.24) is 4.90 Å². The predicted molar refractivity (Wildman–Crippen MR) is 63.2 cm³/mol. The van der Waals surface area contributed by atoms with Gasteiger partial charge in [-0.3, -0.25) is 9.69 Å². The van der Waals surface area contributed by atoms with Gasteiger partial charge in [0.2, 0.25) is 0 Å². The minimum atomic E-state index is -1.50. The number of hydrogen-bond donors (Lipinski definition) is 1. The summed E-state index contributed by atoms with van der Waals surface area (Å²) in [5.74, 6) is -2.45. The smallest absolute Gasteiger partial charge is 0.410 e. The number of carbonyl (C=O) groups is 3. The molecule has 1 amide bonds. The van der Waals surface area contributed by atoms with E-state index in [-0.39, 0.29) is 0 Å². The first-order chi connectivity index (χ1) is 8.22. The van der Waals surface area contributed by atoms with Crippen molar-refractivity contribution in [3.05, 3.63) is 0 Å². The lowest BCUT2D eigenvalue weighted by molar-refractivity contribution is -0.152. The molecule has 1 aliphatic heterocycles. The van der Waals surface area contributed by atoms with Crippen LogP contribution in [0.25, 0.3) is 0 Å². The largest absolute Gasteiger partial charge is 0.475 e. The molecule has 0 aromatic carbocycles. The van der Waals surface area contributed by atoms with Crippen LogP contribution in [0.5, 0.6) is 0 Å². The molecule has 1 rings (SSSR count). The Morgan fingerprint density at radius 3 is 2.33 bits per heavy atom. The molecule has 1 fully saturated rings. The maximum Gasteiger partial charge on any atom is 0.410 e. The van der Waals surface area contributed by atoms with Gasteiger partial charge in [0.05, 0.1) is 0 Å². The van der Waals surface area contributed by atoms with Gasteiger partial charge in [-0.25, -0.2) is 9.59 Å². The van der Waals surface area contributed by atoms with Crippen LogP contribution in [-0.4, -0.2) is 46.0 Å². The highest BCUT2D eigenvalue weighted by Gasteiger charge is 2.37. The number of Topliss-reactive ketones (excluding diaryl/α,β-unsaturated/α-hetero) is 1. The minimum Gasteiger partial charge on any atom is -0.475 e. The molecule has 0 radical (unpaired) electrons. The maximum absolute atomic E-state index is 11.9. The van der Waals surface area contributed by atoms with Crippen LogP contribution in [-0.2, 0) is 14.3 Å². The van der Waals surface area contributed by atoms with Crippen molar-refractivity contribution in [2.75, 3.05) is 6.54 Å². The lowest BCUT2D eigenvalue weighted by Gasteiger charge is -2.35. The van der Waals surface area contributed by atoms with Crippen LogP contribution in [0.4, 0.5) is 4.79 Å². The summed E-state index contributed by atoms with van der Waals surface area (Å²) in [6.45, 7) is 5.53. The summed E-state index contributed by atoms with van der Waals surface area (Å²) in [7, 11) is 0. The van der Waals surface area contributed by atoms with Gasteiger partial charge in [-0.05, 0) is 40.0 Å². The first-order valence-corrected chi connectivity index (χ1v) is 5.99. The Bertz CT molecular complexity index is 358. The van der Waals surface area contributed by atoms with E-state index in [1.54, 1.807) is 20.8 Å². The van der Waals surface area contributed by atoms with E-state index >= 15 is 0 Å². The number of ether oxygens (including phenoxy) is 1. The molecule has 102 valence electrons. The molecule has 0 bridgehead atoms. The number of likely N-dealkylation sites (tertiary alicyclic amines) is 1. The molecule has 18 heavy (non-hydrogen) atoms. The van der Waals surface area contributed by atoms with Crippen molar-refractivity contribution in [3.63, 3.8) is 0 Å². The average molecular weight is 257 g/mol. The molecule has 1 N–H and O–H groups in total. The standard InChI is InChI=1S/C12H19NO5/c1-12(2,3)18-11(17)13-7-5-4-6-8(13)9(14)10(15)16/h8H,4-7H2,1-3H3,(H,15,16). The van der Waals surface area contributed by atoms with Crippen LogP contribution in [0, 0.1) is 0 Å². The molecular formula is C12H19NO5. The Balaban J connectivity index is 2.79. The quantitative estimate of drug-likeness (QED) is 0.756. The fraction of sp³-hybridized carbons (Fsp3) is 0.750. The minimum absolute atomic E-state index is 0.360. The van der Waals surface area contributed by atoms with Crippen molar-refractivity contribution in [2.45, 2.75) is 51.7 Å². The Morgan fingerprint density at radius 1 is 1.22 bits per heavy atom. The third kappa shape index (κ3) is 3.72. The molecule has 1 unspecified atom stereocenters. The van der Waals surface area contributed by atoms with Gasteiger partial charge in [-0.1, -0.05) is 0 Å². The van der Waals surface area contributed by atoms with E-state index in [0.29, 0.717) is 13.0 Å². The second kappa shape index (κ2) is 5.37. The number of nitrogens with zero attached hydrogens (tertiary/aromatic N) is 1. The van der Waals surface area contributed by atoms with Gasteiger partial charge in [-0.15, -0.1) is 0 Å². The first kappa shape index (κ1) is 14.5. The second-order valence-corrected chi connectivity index (χ2v) is 5.35. The van der Waals surface area contributed by atoms with Crippen molar-refractivity contribution in [1.29, 1.82) is 0 Å². The fourth-order valence-electron chi connectivity index (χ4n) is 1.89. The highest BCUT2D eigenvalue weighted by molar-refractivity contribution is 6.35. The monoisotopic (exact) mass is 257 g/mol. The Morgan fingerprint density at radius 2 is 1.83 bits per heavy atom. The number of rotatable bonds is 2. The zero-order valence-electron chi connectivity index (χ0n) is 10.9. The van der Waals surface area contributed by atoms with Gasteiger partial charge in [0, 0.05) is 6.54 Å². The number of amides is 1. The van der Waals surface area contributed by atoms with E-state index < -0.39 is 29.5 Å². The predicted octanol–water partition coefficient (Wildman–Crippen LogP) is 1.43. The molecule has 0 spiro atoms. The van der Waals surface area contributed by atoms with Crippen LogP contribution in [0.2, 0.25) is 0 Å². The molecule has 0 aromatic rings. The maximum atomic E-state index is 11.9. The molecule has 0 aromatic heterocycles. The third-order valence-electron chi connectivity index (χ3n) is 2.64. The molecule has 1 saturated heterocycles.